The Bertz CT molecular complexity index is 621. The van der Waals surface area contributed by atoms with Crippen molar-refractivity contribution >= 4 is 33.1 Å². The number of hydrogen-bond donors (Lipinski definition) is 2. The maximum absolute atomic E-state index is 13.0. The standard InChI is InChI=1S/C13H14BrFN4O/c1-7(2)20-13-11(16)12(17-6-18-13)19-10-4-3-8(15)5-9(10)14/h3-7H,16H2,1-2H3,(H,17,18,19). The van der Waals surface area contributed by atoms with Gasteiger partial charge in [0.2, 0.25) is 5.88 Å². The van der Waals surface area contributed by atoms with E-state index in [-0.39, 0.29) is 11.9 Å². The fraction of sp³-hybridized carbons (Fsp3) is 0.231. The van der Waals surface area contributed by atoms with Crippen LogP contribution in [-0.2, 0) is 0 Å². The number of nitrogens with one attached hydrogen (secondary N) is 1. The Morgan fingerprint density at radius 2 is 2.10 bits per heavy atom. The summed E-state index contributed by atoms with van der Waals surface area (Å²) in [4.78, 5) is 8.05. The van der Waals surface area contributed by atoms with E-state index in [0.717, 1.165) is 0 Å². The van der Waals surface area contributed by atoms with Crippen molar-refractivity contribution in [1.29, 1.82) is 0 Å². The van der Waals surface area contributed by atoms with E-state index >= 15 is 0 Å². The maximum Gasteiger partial charge on any atom is 0.242 e. The molecule has 5 nitrogen and oxygen atoms in total. The summed E-state index contributed by atoms with van der Waals surface area (Å²) in [5.74, 6) is 0.389. The Kier molecular flexibility index (Phi) is 4.39. The minimum absolute atomic E-state index is 0.0439. The summed E-state index contributed by atoms with van der Waals surface area (Å²) in [7, 11) is 0. The maximum atomic E-state index is 13.0. The summed E-state index contributed by atoms with van der Waals surface area (Å²) in [6.45, 7) is 3.76. The molecule has 1 heterocycles. The number of hydrogen-bond acceptors (Lipinski definition) is 5. The van der Waals surface area contributed by atoms with E-state index in [0.29, 0.717) is 27.5 Å². The minimum atomic E-state index is -0.332. The molecule has 1 aromatic heterocycles. The Morgan fingerprint density at radius 3 is 2.75 bits per heavy atom. The van der Waals surface area contributed by atoms with E-state index in [1.807, 2.05) is 13.8 Å². The van der Waals surface area contributed by atoms with Crippen LogP contribution in [0.1, 0.15) is 13.8 Å². The lowest BCUT2D eigenvalue weighted by Gasteiger charge is -2.14. The molecule has 0 aliphatic carbocycles. The number of anilines is 3. The fourth-order valence-corrected chi connectivity index (χ4v) is 1.96. The molecule has 2 aromatic rings. The van der Waals surface area contributed by atoms with Crippen molar-refractivity contribution < 1.29 is 9.13 Å². The number of halogens is 2. The van der Waals surface area contributed by atoms with Gasteiger partial charge in [0.15, 0.2) is 5.82 Å². The van der Waals surface area contributed by atoms with Gasteiger partial charge in [-0.25, -0.2) is 9.37 Å². The van der Waals surface area contributed by atoms with E-state index in [1.54, 1.807) is 6.07 Å². The van der Waals surface area contributed by atoms with E-state index < -0.39 is 0 Å². The molecule has 0 spiro atoms. The minimum Gasteiger partial charge on any atom is -0.473 e. The smallest absolute Gasteiger partial charge is 0.242 e. The molecule has 0 aliphatic heterocycles. The van der Waals surface area contributed by atoms with Crippen molar-refractivity contribution in [2.45, 2.75) is 20.0 Å². The first-order valence-corrected chi connectivity index (χ1v) is 6.76. The molecule has 106 valence electrons. The van der Waals surface area contributed by atoms with E-state index in [4.69, 9.17) is 10.5 Å². The zero-order chi connectivity index (χ0) is 14.7. The molecule has 0 saturated carbocycles. The number of nitrogens with zero attached hydrogens (tertiary/aromatic N) is 2. The quantitative estimate of drug-likeness (QED) is 0.891. The van der Waals surface area contributed by atoms with Crippen LogP contribution in [0.3, 0.4) is 0 Å². The molecule has 1 aromatic carbocycles. The summed E-state index contributed by atoms with van der Waals surface area (Å²) in [5.41, 5.74) is 6.91. The van der Waals surface area contributed by atoms with E-state index in [9.17, 15) is 4.39 Å². The third-order valence-electron chi connectivity index (χ3n) is 2.38. The first-order chi connectivity index (χ1) is 9.47. The molecule has 0 unspecified atom stereocenters. The van der Waals surface area contributed by atoms with Gasteiger partial charge in [0.1, 0.15) is 17.8 Å². The molecule has 0 amide bonds. The number of benzene rings is 1. The Morgan fingerprint density at radius 1 is 1.35 bits per heavy atom. The molecule has 0 fully saturated rings. The zero-order valence-corrected chi connectivity index (χ0v) is 12.6. The highest BCUT2D eigenvalue weighted by molar-refractivity contribution is 9.10. The van der Waals surface area contributed by atoms with E-state index in [2.05, 4.69) is 31.2 Å². The van der Waals surface area contributed by atoms with Crippen LogP contribution >= 0.6 is 15.9 Å². The number of nitrogen functional groups attached to an aromatic ring is 1. The van der Waals surface area contributed by atoms with Crippen LogP contribution in [-0.4, -0.2) is 16.1 Å². The van der Waals surface area contributed by atoms with Crippen molar-refractivity contribution in [2.24, 2.45) is 0 Å². The van der Waals surface area contributed by atoms with Crippen LogP contribution in [0.25, 0.3) is 0 Å². The summed E-state index contributed by atoms with van der Waals surface area (Å²) >= 11 is 3.27. The Labute approximate surface area is 124 Å². The highest BCUT2D eigenvalue weighted by atomic mass is 79.9. The number of ether oxygens (including phenoxy) is 1. The highest BCUT2D eigenvalue weighted by Gasteiger charge is 2.12. The predicted molar refractivity (Wildman–Crippen MR) is 79.6 cm³/mol. The first-order valence-electron chi connectivity index (χ1n) is 5.96. The molecule has 0 atom stereocenters. The largest absolute Gasteiger partial charge is 0.473 e. The molecule has 0 bridgehead atoms. The van der Waals surface area contributed by atoms with Gasteiger partial charge >= 0.3 is 0 Å². The van der Waals surface area contributed by atoms with Crippen LogP contribution in [0.15, 0.2) is 29.0 Å². The topological polar surface area (TPSA) is 73.1 Å². The molecule has 0 radical (unpaired) electrons. The van der Waals surface area contributed by atoms with Gasteiger partial charge in [-0.1, -0.05) is 0 Å². The number of rotatable bonds is 4. The van der Waals surface area contributed by atoms with Gasteiger partial charge in [-0.3, -0.25) is 0 Å². The molecule has 7 heteroatoms. The van der Waals surface area contributed by atoms with Gasteiger partial charge in [-0.2, -0.15) is 4.98 Å². The molecule has 2 rings (SSSR count). The normalized spacial score (nSPS) is 10.7. The molecular formula is C13H14BrFN4O. The second kappa shape index (κ2) is 6.04. The lowest BCUT2D eigenvalue weighted by Crippen LogP contribution is -2.11. The van der Waals surface area contributed by atoms with Crippen molar-refractivity contribution in [3.8, 4) is 5.88 Å². The summed E-state index contributed by atoms with van der Waals surface area (Å²) in [6.07, 6.45) is 1.31. The van der Waals surface area contributed by atoms with Crippen molar-refractivity contribution in [3.63, 3.8) is 0 Å². The third kappa shape index (κ3) is 3.36. The lowest BCUT2D eigenvalue weighted by molar-refractivity contribution is 0.234. The number of aromatic nitrogens is 2. The van der Waals surface area contributed by atoms with Crippen LogP contribution in [0.2, 0.25) is 0 Å². The average Bonchev–Trinajstić information content (AvgIpc) is 2.36. The molecule has 20 heavy (non-hydrogen) atoms. The summed E-state index contributed by atoms with van der Waals surface area (Å²) in [5, 5.41) is 3.01. The van der Waals surface area contributed by atoms with Crippen LogP contribution in [0.4, 0.5) is 21.6 Å². The van der Waals surface area contributed by atoms with Gasteiger partial charge in [0.05, 0.1) is 11.8 Å². The zero-order valence-electron chi connectivity index (χ0n) is 11.0. The van der Waals surface area contributed by atoms with Gasteiger partial charge in [-0.15, -0.1) is 0 Å². The highest BCUT2D eigenvalue weighted by Crippen LogP contribution is 2.31. The Hall–Kier alpha value is -1.89. The van der Waals surface area contributed by atoms with Crippen LogP contribution in [0, 0.1) is 5.82 Å². The Balaban J connectivity index is 2.29. The van der Waals surface area contributed by atoms with Crippen LogP contribution < -0.4 is 15.8 Å². The molecule has 0 aliphatic rings. The second-order valence-corrected chi connectivity index (χ2v) is 5.21. The summed E-state index contributed by atoms with van der Waals surface area (Å²) < 4.78 is 19.1. The van der Waals surface area contributed by atoms with Crippen molar-refractivity contribution in [3.05, 3.63) is 34.8 Å². The monoisotopic (exact) mass is 340 g/mol. The SMILES string of the molecule is CC(C)Oc1ncnc(Nc2ccc(F)cc2Br)c1N. The van der Waals surface area contributed by atoms with Gasteiger partial charge in [0.25, 0.3) is 0 Å². The predicted octanol–water partition coefficient (Wildman–Crippen LogP) is 3.49. The average molecular weight is 341 g/mol. The molecule has 0 saturated heterocycles. The van der Waals surface area contributed by atoms with Gasteiger partial charge in [-0.05, 0) is 48.0 Å². The molecule has 3 N–H and O–H groups in total. The van der Waals surface area contributed by atoms with E-state index in [1.165, 1.54) is 18.5 Å². The van der Waals surface area contributed by atoms with Crippen molar-refractivity contribution in [1.82, 2.24) is 9.97 Å². The lowest BCUT2D eigenvalue weighted by atomic mass is 10.3. The molecular weight excluding hydrogens is 327 g/mol. The number of nitrogens with two attached hydrogens (primary N) is 1. The second-order valence-electron chi connectivity index (χ2n) is 4.36. The van der Waals surface area contributed by atoms with Gasteiger partial charge in [0, 0.05) is 4.47 Å². The fourth-order valence-electron chi connectivity index (χ4n) is 1.51. The third-order valence-corrected chi connectivity index (χ3v) is 3.03. The first kappa shape index (κ1) is 14.5. The van der Waals surface area contributed by atoms with Crippen molar-refractivity contribution in [2.75, 3.05) is 11.1 Å². The van der Waals surface area contributed by atoms with Crippen LogP contribution in [0.5, 0.6) is 5.88 Å². The van der Waals surface area contributed by atoms with Gasteiger partial charge < -0.3 is 15.8 Å². The summed E-state index contributed by atoms with van der Waals surface area (Å²) in [6, 6.07) is 4.28.